The Morgan fingerprint density at radius 2 is 1.04 bits per heavy atom. The van der Waals surface area contributed by atoms with Crippen LogP contribution in [0.1, 0.15) is 0 Å². The van der Waals surface area contributed by atoms with Crippen LogP contribution in [0.2, 0.25) is 5.02 Å². The van der Waals surface area contributed by atoms with Gasteiger partial charge in [0.15, 0.2) is 0 Å². The highest BCUT2D eigenvalue weighted by atomic mass is 35.5. The molecule has 0 aromatic heterocycles. The van der Waals surface area contributed by atoms with Crippen molar-refractivity contribution < 1.29 is 0 Å². The second-order valence-corrected chi connectivity index (χ2v) is 6.45. The quantitative estimate of drug-likeness (QED) is 0.214. The Morgan fingerprint density at radius 3 is 1.83 bits per heavy atom. The molecule has 0 bridgehead atoms. The lowest BCUT2D eigenvalue weighted by atomic mass is 9.95. The lowest BCUT2D eigenvalue weighted by molar-refractivity contribution is 1.77. The molecule has 0 radical (unpaired) electrons. The first-order chi connectivity index (χ1) is 11.3. The van der Waals surface area contributed by atoms with Crippen LogP contribution in [0.25, 0.3) is 43.1 Å². The Labute approximate surface area is 138 Å². The minimum Gasteiger partial charge on any atom is -0.0843 e. The molecule has 0 saturated heterocycles. The van der Waals surface area contributed by atoms with Gasteiger partial charge in [0, 0.05) is 5.02 Å². The summed E-state index contributed by atoms with van der Waals surface area (Å²) < 4.78 is 0. The second-order valence-electron chi connectivity index (χ2n) is 6.01. The fraction of sp³-hybridized carbons (Fsp3) is 0. The monoisotopic (exact) mass is 312 g/mol. The van der Waals surface area contributed by atoms with Crippen molar-refractivity contribution in [1.82, 2.24) is 0 Å². The molecule has 5 rings (SSSR count). The van der Waals surface area contributed by atoms with Gasteiger partial charge in [-0.1, -0.05) is 66.2 Å². The molecule has 5 aromatic carbocycles. The molecular weight excluding hydrogens is 300 g/mol. The molecule has 0 spiro atoms. The van der Waals surface area contributed by atoms with Crippen molar-refractivity contribution in [2.24, 2.45) is 0 Å². The molecule has 0 aliphatic heterocycles. The molecule has 0 saturated carbocycles. The molecule has 0 amide bonds. The average Bonchev–Trinajstić information content (AvgIpc) is 2.59. The van der Waals surface area contributed by atoms with E-state index in [1.54, 1.807) is 0 Å². The van der Waals surface area contributed by atoms with Gasteiger partial charge in [0.05, 0.1) is 0 Å². The summed E-state index contributed by atoms with van der Waals surface area (Å²) >= 11 is 6.13. The molecule has 5 aromatic rings. The summed E-state index contributed by atoms with van der Waals surface area (Å²) in [6.45, 7) is 0. The summed E-state index contributed by atoms with van der Waals surface area (Å²) in [6, 6.07) is 28.0. The Hall–Kier alpha value is -2.57. The largest absolute Gasteiger partial charge is 0.0843 e. The number of hydrogen-bond donors (Lipinski definition) is 0. The van der Waals surface area contributed by atoms with E-state index in [0.29, 0.717) is 0 Å². The Kier molecular flexibility index (Phi) is 2.65. The van der Waals surface area contributed by atoms with Crippen LogP contribution in [0.3, 0.4) is 0 Å². The Bertz CT molecular complexity index is 1220. The molecule has 0 aliphatic rings. The smallest absolute Gasteiger partial charge is 0.0412 e. The summed E-state index contributed by atoms with van der Waals surface area (Å²) in [6.07, 6.45) is 0. The minimum atomic E-state index is 0.781. The first kappa shape index (κ1) is 12.9. The fourth-order valence-electron chi connectivity index (χ4n) is 3.54. The molecular formula is C22H13Cl. The van der Waals surface area contributed by atoms with Crippen LogP contribution in [-0.4, -0.2) is 0 Å². The predicted octanol–water partition coefficient (Wildman–Crippen LogP) is 6.95. The van der Waals surface area contributed by atoms with Gasteiger partial charge in [-0.05, 0) is 67.4 Å². The van der Waals surface area contributed by atoms with Crippen LogP contribution in [0.5, 0.6) is 0 Å². The van der Waals surface area contributed by atoms with Gasteiger partial charge in [-0.3, -0.25) is 0 Å². The molecule has 0 unspecified atom stereocenters. The molecule has 0 heterocycles. The zero-order chi connectivity index (χ0) is 15.4. The first-order valence-corrected chi connectivity index (χ1v) is 8.11. The molecule has 0 N–H and O–H groups in total. The summed E-state index contributed by atoms with van der Waals surface area (Å²) in [4.78, 5) is 0. The zero-order valence-electron chi connectivity index (χ0n) is 12.4. The minimum absolute atomic E-state index is 0.781. The van der Waals surface area contributed by atoms with E-state index < -0.39 is 0 Å². The molecule has 108 valence electrons. The van der Waals surface area contributed by atoms with Gasteiger partial charge in [-0.2, -0.15) is 0 Å². The highest BCUT2D eigenvalue weighted by Gasteiger charge is 2.06. The van der Waals surface area contributed by atoms with Gasteiger partial charge in [-0.25, -0.2) is 0 Å². The number of fused-ring (bicyclic) bond motifs is 6. The van der Waals surface area contributed by atoms with Crippen molar-refractivity contribution in [3.8, 4) is 0 Å². The van der Waals surface area contributed by atoms with Crippen molar-refractivity contribution in [3.63, 3.8) is 0 Å². The van der Waals surface area contributed by atoms with Crippen molar-refractivity contribution >= 4 is 54.7 Å². The fourth-order valence-corrected chi connectivity index (χ4v) is 3.72. The maximum atomic E-state index is 6.13. The van der Waals surface area contributed by atoms with E-state index in [2.05, 4.69) is 66.7 Å². The summed E-state index contributed by atoms with van der Waals surface area (Å²) in [5.41, 5.74) is 0. The summed E-state index contributed by atoms with van der Waals surface area (Å²) in [5.74, 6) is 0. The zero-order valence-corrected chi connectivity index (χ0v) is 13.1. The van der Waals surface area contributed by atoms with Crippen LogP contribution in [-0.2, 0) is 0 Å². The standard InChI is InChI=1S/C22H13Cl/c23-18-7-10-19-17(12-18)6-9-21-20(19)8-5-16-11-14-3-1-2-4-15(14)13-22(16)21/h1-13H. The normalized spacial score (nSPS) is 11.7. The maximum absolute atomic E-state index is 6.13. The third kappa shape index (κ3) is 1.92. The van der Waals surface area contributed by atoms with E-state index in [1.165, 1.54) is 43.1 Å². The molecule has 0 atom stereocenters. The van der Waals surface area contributed by atoms with E-state index >= 15 is 0 Å². The SMILES string of the molecule is Clc1ccc2c(ccc3c4cc5ccccc5cc4ccc23)c1. The topological polar surface area (TPSA) is 0 Å². The van der Waals surface area contributed by atoms with Gasteiger partial charge in [0.25, 0.3) is 0 Å². The summed E-state index contributed by atoms with van der Waals surface area (Å²) in [7, 11) is 0. The van der Waals surface area contributed by atoms with Crippen LogP contribution in [0, 0.1) is 0 Å². The van der Waals surface area contributed by atoms with E-state index in [9.17, 15) is 0 Å². The molecule has 0 aliphatic carbocycles. The van der Waals surface area contributed by atoms with Crippen LogP contribution in [0.15, 0.2) is 78.9 Å². The van der Waals surface area contributed by atoms with Crippen LogP contribution < -0.4 is 0 Å². The second kappa shape index (κ2) is 4.71. The van der Waals surface area contributed by atoms with Gasteiger partial charge < -0.3 is 0 Å². The van der Waals surface area contributed by atoms with Gasteiger partial charge in [-0.15, -0.1) is 0 Å². The van der Waals surface area contributed by atoms with E-state index in [1.807, 2.05) is 12.1 Å². The van der Waals surface area contributed by atoms with Crippen molar-refractivity contribution in [3.05, 3.63) is 83.9 Å². The van der Waals surface area contributed by atoms with Gasteiger partial charge >= 0.3 is 0 Å². The highest BCUT2D eigenvalue weighted by molar-refractivity contribution is 6.31. The van der Waals surface area contributed by atoms with E-state index in [0.717, 1.165) is 5.02 Å². The predicted molar refractivity (Wildman–Crippen MR) is 101 cm³/mol. The van der Waals surface area contributed by atoms with E-state index in [4.69, 9.17) is 11.6 Å². The lowest BCUT2D eigenvalue weighted by Crippen LogP contribution is -1.82. The molecule has 0 fully saturated rings. The highest BCUT2D eigenvalue weighted by Crippen LogP contribution is 2.34. The van der Waals surface area contributed by atoms with Crippen molar-refractivity contribution in [2.75, 3.05) is 0 Å². The summed E-state index contributed by atoms with van der Waals surface area (Å²) in [5, 5.41) is 10.9. The van der Waals surface area contributed by atoms with Crippen molar-refractivity contribution in [2.45, 2.75) is 0 Å². The van der Waals surface area contributed by atoms with E-state index in [-0.39, 0.29) is 0 Å². The third-order valence-corrected chi connectivity index (χ3v) is 4.90. The molecule has 23 heavy (non-hydrogen) atoms. The third-order valence-electron chi connectivity index (χ3n) is 4.66. The Balaban J connectivity index is 1.98. The van der Waals surface area contributed by atoms with Gasteiger partial charge in [0.2, 0.25) is 0 Å². The maximum Gasteiger partial charge on any atom is 0.0412 e. The lowest BCUT2D eigenvalue weighted by Gasteiger charge is -2.09. The van der Waals surface area contributed by atoms with Gasteiger partial charge in [0.1, 0.15) is 0 Å². The number of rotatable bonds is 0. The van der Waals surface area contributed by atoms with Crippen molar-refractivity contribution in [1.29, 1.82) is 0 Å². The van der Waals surface area contributed by atoms with Crippen LogP contribution in [0.4, 0.5) is 0 Å². The number of halogens is 1. The molecule has 0 nitrogen and oxygen atoms in total. The van der Waals surface area contributed by atoms with Crippen LogP contribution >= 0.6 is 11.6 Å². The number of hydrogen-bond acceptors (Lipinski definition) is 0. The average molecular weight is 313 g/mol. The Morgan fingerprint density at radius 1 is 0.435 bits per heavy atom. The molecule has 1 heteroatoms. The number of benzene rings is 5. The first-order valence-electron chi connectivity index (χ1n) is 7.73.